The Kier molecular flexibility index (Phi) is 6.68. The van der Waals surface area contributed by atoms with E-state index in [1.807, 2.05) is 27.7 Å². The molecule has 1 atom stereocenters. The van der Waals surface area contributed by atoms with Crippen LogP contribution >= 0.6 is 0 Å². The summed E-state index contributed by atoms with van der Waals surface area (Å²) >= 11 is 0. The molecule has 1 rings (SSSR count). The third-order valence-electron chi connectivity index (χ3n) is 4.20. The number of rotatable bonds is 9. The van der Waals surface area contributed by atoms with Crippen LogP contribution in [0.25, 0.3) is 0 Å². The first kappa shape index (κ1) is 20.3. The Hall–Kier alpha value is -1.73. The number of imide groups is 1. The van der Waals surface area contributed by atoms with E-state index in [1.54, 1.807) is 7.11 Å². The van der Waals surface area contributed by atoms with Crippen molar-refractivity contribution in [1.82, 2.24) is 10.2 Å². The standard InChI is InChI=1S/C17H28N2O5/c1-16(2,15(23)17(3,4)11-24-5)10-18-12(20)8-9-19-13(21)6-7-14(19)22/h6-7,15,23H,8-11H2,1-5H3,(H,18,20). The second kappa shape index (κ2) is 7.90. The van der Waals surface area contributed by atoms with Crippen LogP contribution in [0.4, 0.5) is 0 Å². The zero-order valence-electron chi connectivity index (χ0n) is 15.1. The molecule has 2 N–H and O–H groups in total. The van der Waals surface area contributed by atoms with Crippen molar-refractivity contribution >= 4 is 17.7 Å². The molecule has 0 aliphatic carbocycles. The van der Waals surface area contributed by atoms with Gasteiger partial charge in [-0.05, 0) is 0 Å². The van der Waals surface area contributed by atoms with Crippen LogP contribution in [-0.4, -0.2) is 60.6 Å². The van der Waals surface area contributed by atoms with E-state index in [9.17, 15) is 19.5 Å². The molecule has 0 bridgehead atoms. The molecule has 0 aromatic heterocycles. The van der Waals surface area contributed by atoms with Crippen LogP contribution in [0.5, 0.6) is 0 Å². The van der Waals surface area contributed by atoms with Crippen LogP contribution in [0.15, 0.2) is 12.2 Å². The fourth-order valence-corrected chi connectivity index (χ4v) is 2.89. The van der Waals surface area contributed by atoms with Crippen LogP contribution < -0.4 is 5.32 Å². The zero-order valence-corrected chi connectivity index (χ0v) is 15.1. The molecule has 1 heterocycles. The van der Waals surface area contributed by atoms with E-state index < -0.39 is 28.7 Å². The maximum atomic E-state index is 12.0. The summed E-state index contributed by atoms with van der Waals surface area (Å²) in [7, 11) is 1.58. The van der Waals surface area contributed by atoms with Gasteiger partial charge in [-0.3, -0.25) is 19.3 Å². The molecule has 7 heteroatoms. The maximum absolute atomic E-state index is 12.0. The van der Waals surface area contributed by atoms with Crippen LogP contribution in [0.3, 0.4) is 0 Å². The largest absolute Gasteiger partial charge is 0.392 e. The van der Waals surface area contributed by atoms with Crippen molar-refractivity contribution in [2.75, 3.05) is 26.8 Å². The normalized spacial score (nSPS) is 16.7. The average Bonchev–Trinajstić information content (AvgIpc) is 2.81. The lowest BCUT2D eigenvalue weighted by molar-refractivity contribution is -0.137. The second-order valence-electron chi connectivity index (χ2n) is 7.50. The molecule has 1 aliphatic heterocycles. The van der Waals surface area contributed by atoms with Crippen molar-refractivity contribution in [2.45, 2.75) is 40.2 Å². The zero-order chi connectivity index (χ0) is 18.5. The van der Waals surface area contributed by atoms with Crippen LogP contribution in [0.2, 0.25) is 0 Å². The van der Waals surface area contributed by atoms with E-state index in [2.05, 4.69) is 5.32 Å². The highest BCUT2D eigenvalue weighted by atomic mass is 16.5. The quantitative estimate of drug-likeness (QED) is 0.595. The van der Waals surface area contributed by atoms with Gasteiger partial charge in [0.15, 0.2) is 0 Å². The lowest BCUT2D eigenvalue weighted by Gasteiger charge is -2.40. The van der Waals surface area contributed by atoms with Crippen molar-refractivity contribution in [2.24, 2.45) is 10.8 Å². The number of nitrogens with one attached hydrogen (secondary N) is 1. The van der Waals surface area contributed by atoms with Crippen molar-refractivity contribution in [3.8, 4) is 0 Å². The fraction of sp³-hybridized carbons (Fsp3) is 0.706. The van der Waals surface area contributed by atoms with E-state index in [4.69, 9.17) is 4.74 Å². The molecule has 0 aromatic carbocycles. The highest BCUT2D eigenvalue weighted by Gasteiger charge is 2.39. The molecule has 7 nitrogen and oxygen atoms in total. The van der Waals surface area contributed by atoms with Gasteiger partial charge in [-0.2, -0.15) is 0 Å². The maximum Gasteiger partial charge on any atom is 0.253 e. The van der Waals surface area contributed by atoms with Crippen LogP contribution in [0, 0.1) is 10.8 Å². The van der Waals surface area contributed by atoms with Gasteiger partial charge in [0.1, 0.15) is 0 Å². The van der Waals surface area contributed by atoms with E-state index in [-0.39, 0.29) is 25.4 Å². The summed E-state index contributed by atoms with van der Waals surface area (Å²) in [6, 6.07) is 0. The molecule has 1 unspecified atom stereocenters. The summed E-state index contributed by atoms with van der Waals surface area (Å²) < 4.78 is 5.14. The number of nitrogens with zero attached hydrogens (tertiary/aromatic N) is 1. The number of ether oxygens (including phenoxy) is 1. The van der Waals surface area contributed by atoms with E-state index >= 15 is 0 Å². The summed E-state index contributed by atoms with van der Waals surface area (Å²) in [5.41, 5.74) is -1.01. The molecule has 0 saturated heterocycles. The number of aliphatic hydroxyl groups excluding tert-OH is 1. The minimum absolute atomic E-state index is 0.0345. The van der Waals surface area contributed by atoms with E-state index in [0.717, 1.165) is 4.90 Å². The number of hydrogen-bond acceptors (Lipinski definition) is 5. The number of amides is 3. The number of methoxy groups -OCH3 is 1. The van der Waals surface area contributed by atoms with Gasteiger partial charge < -0.3 is 15.2 Å². The molecule has 24 heavy (non-hydrogen) atoms. The van der Waals surface area contributed by atoms with Gasteiger partial charge in [-0.25, -0.2) is 0 Å². The summed E-state index contributed by atoms with van der Waals surface area (Å²) in [5.74, 6) is -1.07. The Balaban J connectivity index is 2.47. The van der Waals surface area contributed by atoms with Crippen molar-refractivity contribution < 1.29 is 24.2 Å². The van der Waals surface area contributed by atoms with Crippen LogP contribution in [-0.2, 0) is 19.1 Å². The summed E-state index contributed by atoms with van der Waals surface area (Å²) in [6.07, 6.45) is 1.73. The smallest absolute Gasteiger partial charge is 0.253 e. The third kappa shape index (κ3) is 5.14. The average molecular weight is 340 g/mol. The van der Waals surface area contributed by atoms with Gasteiger partial charge >= 0.3 is 0 Å². The Labute approximate surface area is 143 Å². The Morgan fingerprint density at radius 2 is 1.75 bits per heavy atom. The molecule has 0 spiro atoms. The summed E-state index contributed by atoms with van der Waals surface area (Å²) in [6.45, 7) is 8.27. The molecule has 136 valence electrons. The SMILES string of the molecule is COCC(C)(C)C(O)C(C)(C)CNC(=O)CCN1C(=O)C=CC1=O. The van der Waals surface area contributed by atoms with Gasteiger partial charge in [0.25, 0.3) is 11.8 Å². The fourth-order valence-electron chi connectivity index (χ4n) is 2.89. The number of aliphatic hydroxyl groups is 1. The van der Waals surface area contributed by atoms with Crippen molar-refractivity contribution in [1.29, 1.82) is 0 Å². The predicted octanol–water partition coefficient (Wildman–Crippen LogP) is 0.477. The molecule has 1 aliphatic rings. The van der Waals surface area contributed by atoms with E-state index in [1.165, 1.54) is 12.2 Å². The van der Waals surface area contributed by atoms with Crippen molar-refractivity contribution in [3.05, 3.63) is 12.2 Å². The van der Waals surface area contributed by atoms with E-state index in [0.29, 0.717) is 6.61 Å². The number of carbonyl (C=O) groups is 3. The van der Waals surface area contributed by atoms with Crippen LogP contribution in [0.1, 0.15) is 34.1 Å². The second-order valence-corrected chi connectivity index (χ2v) is 7.50. The van der Waals surface area contributed by atoms with Crippen molar-refractivity contribution in [3.63, 3.8) is 0 Å². The van der Waals surface area contributed by atoms with Gasteiger partial charge in [0.05, 0.1) is 12.7 Å². The number of carbonyl (C=O) groups excluding carboxylic acids is 3. The van der Waals surface area contributed by atoms with Gasteiger partial charge in [0, 0.05) is 49.6 Å². The van der Waals surface area contributed by atoms with Gasteiger partial charge in [-0.15, -0.1) is 0 Å². The monoisotopic (exact) mass is 340 g/mol. The first-order valence-corrected chi connectivity index (χ1v) is 7.98. The Morgan fingerprint density at radius 1 is 1.21 bits per heavy atom. The Morgan fingerprint density at radius 3 is 2.25 bits per heavy atom. The third-order valence-corrected chi connectivity index (χ3v) is 4.20. The minimum atomic E-state index is -0.684. The molecular weight excluding hydrogens is 312 g/mol. The number of hydrogen-bond donors (Lipinski definition) is 2. The lowest BCUT2D eigenvalue weighted by atomic mass is 9.72. The minimum Gasteiger partial charge on any atom is -0.392 e. The first-order chi connectivity index (χ1) is 11.0. The van der Waals surface area contributed by atoms with Gasteiger partial charge in [-0.1, -0.05) is 27.7 Å². The molecule has 0 fully saturated rings. The lowest BCUT2D eigenvalue weighted by Crippen LogP contribution is -2.49. The summed E-state index contributed by atoms with van der Waals surface area (Å²) in [5, 5.41) is 13.3. The highest BCUT2D eigenvalue weighted by Crippen LogP contribution is 2.34. The molecule has 0 saturated carbocycles. The Bertz CT molecular complexity index is 507. The van der Waals surface area contributed by atoms with Gasteiger partial charge in [0.2, 0.25) is 5.91 Å². The molecule has 3 amide bonds. The predicted molar refractivity (Wildman–Crippen MR) is 88.9 cm³/mol. The molecular formula is C17H28N2O5. The molecule has 0 radical (unpaired) electrons. The highest BCUT2D eigenvalue weighted by molar-refractivity contribution is 6.13. The molecule has 0 aromatic rings. The first-order valence-electron chi connectivity index (χ1n) is 7.98. The summed E-state index contributed by atoms with van der Waals surface area (Å²) in [4.78, 5) is 35.8. The topological polar surface area (TPSA) is 95.9 Å².